The Hall–Kier alpha value is -1.14. The molecule has 0 radical (unpaired) electrons. The summed E-state index contributed by atoms with van der Waals surface area (Å²) >= 11 is 0. The molecule has 0 aromatic rings. The predicted octanol–water partition coefficient (Wildman–Crippen LogP) is -1.45. The number of carbonyl (C=O) groups excluding carboxylic acids is 1. The molecule has 76 valence electrons. The Morgan fingerprint density at radius 3 is 2.54 bits per heavy atom. The quantitative estimate of drug-likeness (QED) is 0.492. The SMILES string of the molecule is COCC(N)C(=O)N[C@@H](C)C(=O)O. The molecule has 0 saturated heterocycles. The van der Waals surface area contributed by atoms with Gasteiger partial charge in [0.1, 0.15) is 12.1 Å². The summed E-state index contributed by atoms with van der Waals surface area (Å²) in [6.07, 6.45) is 0. The Labute approximate surface area is 76.0 Å². The lowest BCUT2D eigenvalue weighted by atomic mass is 10.2. The zero-order chi connectivity index (χ0) is 10.4. The van der Waals surface area contributed by atoms with Crippen molar-refractivity contribution >= 4 is 11.9 Å². The number of carboxylic acids is 1. The molecule has 6 nitrogen and oxygen atoms in total. The van der Waals surface area contributed by atoms with Gasteiger partial charge in [-0.3, -0.25) is 9.59 Å². The molecule has 0 aliphatic heterocycles. The van der Waals surface area contributed by atoms with E-state index in [1.54, 1.807) is 0 Å². The Bertz CT molecular complexity index is 195. The maximum atomic E-state index is 11.1. The molecule has 13 heavy (non-hydrogen) atoms. The maximum absolute atomic E-state index is 11.1. The van der Waals surface area contributed by atoms with Crippen LogP contribution >= 0.6 is 0 Å². The van der Waals surface area contributed by atoms with Gasteiger partial charge in [0.15, 0.2) is 0 Å². The lowest BCUT2D eigenvalue weighted by Crippen LogP contribution is -2.48. The van der Waals surface area contributed by atoms with Crippen molar-refractivity contribution < 1.29 is 19.4 Å². The van der Waals surface area contributed by atoms with Gasteiger partial charge in [-0.2, -0.15) is 0 Å². The van der Waals surface area contributed by atoms with Crippen molar-refractivity contribution in [3.63, 3.8) is 0 Å². The number of ether oxygens (including phenoxy) is 1. The lowest BCUT2D eigenvalue weighted by molar-refractivity contribution is -0.141. The second-order valence-corrected chi connectivity index (χ2v) is 2.63. The van der Waals surface area contributed by atoms with E-state index < -0.39 is 24.0 Å². The third kappa shape index (κ3) is 4.44. The number of amides is 1. The van der Waals surface area contributed by atoms with Crippen LogP contribution in [0.2, 0.25) is 0 Å². The van der Waals surface area contributed by atoms with Gasteiger partial charge in [0.25, 0.3) is 0 Å². The zero-order valence-corrected chi connectivity index (χ0v) is 7.61. The van der Waals surface area contributed by atoms with Crippen LogP contribution in [0.25, 0.3) is 0 Å². The molecular formula is C7H14N2O4. The molecule has 0 bridgehead atoms. The molecule has 0 aromatic carbocycles. The third-order valence-electron chi connectivity index (χ3n) is 1.41. The van der Waals surface area contributed by atoms with E-state index in [-0.39, 0.29) is 6.61 Å². The summed E-state index contributed by atoms with van der Waals surface area (Å²) in [5.41, 5.74) is 5.35. The minimum Gasteiger partial charge on any atom is -0.480 e. The van der Waals surface area contributed by atoms with Crippen molar-refractivity contribution in [3.8, 4) is 0 Å². The molecule has 0 rings (SSSR count). The van der Waals surface area contributed by atoms with Crippen molar-refractivity contribution in [2.45, 2.75) is 19.0 Å². The van der Waals surface area contributed by atoms with Crippen LogP contribution in [0.3, 0.4) is 0 Å². The second-order valence-electron chi connectivity index (χ2n) is 2.63. The number of nitrogens with one attached hydrogen (secondary N) is 1. The normalized spacial score (nSPS) is 14.7. The van der Waals surface area contributed by atoms with Crippen LogP contribution in [0, 0.1) is 0 Å². The van der Waals surface area contributed by atoms with Crippen LogP contribution in [-0.2, 0) is 14.3 Å². The highest BCUT2D eigenvalue weighted by Crippen LogP contribution is 1.85. The molecule has 0 heterocycles. The molecular weight excluding hydrogens is 176 g/mol. The number of carbonyl (C=O) groups is 2. The molecule has 1 amide bonds. The van der Waals surface area contributed by atoms with Crippen molar-refractivity contribution in [2.75, 3.05) is 13.7 Å². The van der Waals surface area contributed by atoms with Crippen LogP contribution in [0.5, 0.6) is 0 Å². The number of hydrogen-bond donors (Lipinski definition) is 3. The van der Waals surface area contributed by atoms with Crippen molar-refractivity contribution in [2.24, 2.45) is 5.73 Å². The van der Waals surface area contributed by atoms with Gasteiger partial charge < -0.3 is 20.9 Å². The molecule has 2 atom stereocenters. The lowest BCUT2D eigenvalue weighted by Gasteiger charge is -2.13. The first-order valence-corrected chi connectivity index (χ1v) is 3.76. The van der Waals surface area contributed by atoms with Gasteiger partial charge in [0, 0.05) is 7.11 Å². The summed E-state index contributed by atoms with van der Waals surface area (Å²) < 4.78 is 4.63. The number of methoxy groups -OCH3 is 1. The van der Waals surface area contributed by atoms with E-state index in [4.69, 9.17) is 10.8 Å². The fourth-order valence-corrected chi connectivity index (χ4v) is 0.637. The molecule has 0 saturated carbocycles. The van der Waals surface area contributed by atoms with E-state index in [2.05, 4.69) is 10.1 Å². The van der Waals surface area contributed by atoms with E-state index >= 15 is 0 Å². The highest BCUT2D eigenvalue weighted by atomic mass is 16.5. The Morgan fingerprint density at radius 1 is 1.62 bits per heavy atom. The fraction of sp³-hybridized carbons (Fsp3) is 0.714. The van der Waals surface area contributed by atoms with E-state index in [0.29, 0.717) is 0 Å². The van der Waals surface area contributed by atoms with Crippen LogP contribution in [0.15, 0.2) is 0 Å². The topological polar surface area (TPSA) is 102 Å². The van der Waals surface area contributed by atoms with Crippen molar-refractivity contribution in [3.05, 3.63) is 0 Å². The van der Waals surface area contributed by atoms with Crippen molar-refractivity contribution in [1.82, 2.24) is 5.32 Å². The van der Waals surface area contributed by atoms with Crippen LogP contribution in [0.4, 0.5) is 0 Å². The molecule has 0 spiro atoms. The summed E-state index contributed by atoms with van der Waals surface area (Å²) in [7, 11) is 1.41. The monoisotopic (exact) mass is 190 g/mol. The first kappa shape index (κ1) is 11.9. The fourth-order valence-electron chi connectivity index (χ4n) is 0.637. The number of carboxylic acid groups (broad SMARTS) is 1. The first-order valence-electron chi connectivity index (χ1n) is 3.76. The first-order chi connectivity index (χ1) is 5.99. The van der Waals surface area contributed by atoms with Crippen LogP contribution in [-0.4, -0.2) is 42.8 Å². The largest absolute Gasteiger partial charge is 0.480 e. The van der Waals surface area contributed by atoms with Crippen molar-refractivity contribution in [1.29, 1.82) is 0 Å². The molecule has 1 unspecified atom stereocenters. The van der Waals surface area contributed by atoms with E-state index in [1.165, 1.54) is 14.0 Å². The Morgan fingerprint density at radius 2 is 2.15 bits per heavy atom. The highest BCUT2D eigenvalue weighted by molar-refractivity contribution is 5.86. The average Bonchev–Trinajstić information content (AvgIpc) is 2.04. The minimum atomic E-state index is -1.10. The molecule has 0 fully saturated rings. The van der Waals surface area contributed by atoms with Gasteiger partial charge in [-0.1, -0.05) is 0 Å². The van der Waals surface area contributed by atoms with Gasteiger partial charge in [-0.15, -0.1) is 0 Å². The van der Waals surface area contributed by atoms with Crippen LogP contribution in [0.1, 0.15) is 6.92 Å². The van der Waals surface area contributed by atoms with Gasteiger partial charge in [0.2, 0.25) is 5.91 Å². The summed E-state index contributed by atoms with van der Waals surface area (Å²) in [4.78, 5) is 21.4. The number of hydrogen-bond acceptors (Lipinski definition) is 4. The highest BCUT2D eigenvalue weighted by Gasteiger charge is 2.18. The number of rotatable bonds is 5. The smallest absolute Gasteiger partial charge is 0.325 e. The van der Waals surface area contributed by atoms with Gasteiger partial charge in [-0.05, 0) is 6.92 Å². The minimum absolute atomic E-state index is 0.0676. The number of nitrogens with two attached hydrogens (primary N) is 1. The molecule has 4 N–H and O–H groups in total. The number of aliphatic carboxylic acids is 1. The Kier molecular flexibility index (Phi) is 5.01. The summed E-state index contributed by atoms with van der Waals surface area (Å²) in [5.74, 6) is -1.63. The summed E-state index contributed by atoms with van der Waals surface area (Å²) in [6, 6.07) is -1.76. The van der Waals surface area contributed by atoms with Crippen LogP contribution < -0.4 is 11.1 Å². The molecule has 0 aliphatic rings. The Balaban J connectivity index is 3.92. The summed E-state index contributed by atoms with van der Waals surface area (Å²) in [5, 5.41) is 10.7. The predicted molar refractivity (Wildman–Crippen MR) is 45.1 cm³/mol. The zero-order valence-electron chi connectivity index (χ0n) is 7.61. The van der Waals surface area contributed by atoms with Gasteiger partial charge in [0.05, 0.1) is 6.61 Å². The average molecular weight is 190 g/mol. The van der Waals surface area contributed by atoms with Gasteiger partial charge >= 0.3 is 5.97 Å². The third-order valence-corrected chi connectivity index (χ3v) is 1.41. The van der Waals surface area contributed by atoms with E-state index in [9.17, 15) is 9.59 Å². The van der Waals surface area contributed by atoms with E-state index in [1.807, 2.05) is 0 Å². The summed E-state index contributed by atoms with van der Waals surface area (Å²) in [6.45, 7) is 1.43. The van der Waals surface area contributed by atoms with Gasteiger partial charge in [-0.25, -0.2) is 0 Å². The second kappa shape index (κ2) is 5.50. The molecule has 6 heteroatoms. The molecule has 0 aliphatic carbocycles. The molecule has 0 aromatic heterocycles. The van der Waals surface area contributed by atoms with E-state index in [0.717, 1.165) is 0 Å². The standard InChI is InChI=1S/C7H14N2O4/c1-4(7(11)12)9-6(10)5(8)3-13-2/h4-5H,3,8H2,1-2H3,(H,9,10)(H,11,12)/t4-,5?/m0/s1. The maximum Gasteiger partial charge on any atom is 0.325 e.